The van der Waals surface area contributed by atoms with Crippen molar-refractivity contribution >= 4 is 37.7 Å². The quantitative estimate of drug-likeness (QED) is 0.783. The highest BCUT2D eigenvalue weighted by Crippen LogP contribution is 2.37. The number of halogens is 1. The Morgan fingerprint density at radius 3 is 2.48 bits per heavy atom. The van der Waals surface area contributed by atoms with Gasteiger partial charge in [-0.2, -0.15) is 16.1 Å². The second kappa shape index (κ2) is 7.21. The zero-order valence-electron chi connectivity index (χ0n) is 12.0. The van der Waals surface area contributed by atoms with E-state index in [1.54, 1.807) is 22.1 Å². The minimum Gasteiger partial charge on any atom is -0.493 e. The van der Waals surface area contributed by atoms with Crippen molar-refractivity contribution < 1.29 is 17.9 Å². The van der Waals surface area contributed by atoms with E-state index in [0.717, 1.165) is 17.9 Å². The lowest BCUT2D eigenvalue weighted by Gasteiger charge is -2.21. The number of hydrogen-bond donors (Lipinski definition) is 0. The van der Waals surface area contributed by atoms with Crippen LogP contribution in [-0.4, -0.2) is 51.5 Å². The molecule has 1 saturated heterocycles. The Labute approximate surface area is 138 Å². The van der Waals surface area contributed by atoms with E-state index in [-0.39, 0.29) is 4.90 Å². The average Bonchev–Trinajstić information content (AvgIpc) is 2.76. The monoisotopic (exact) mass is 395 g/mol. The number of nitrogens with zero attached hydrogens (tertiary/aromatic N) is 1. The summed E-state index contributed by atoms with van der Waals surface area (Å²) in [5.74, 6) is 2.72. The lowest BCUT2D eigenvalue weighted by molar-refractivity contribution is 0.353. The fourth-order valence-electron chi connectivity index (χ4n) is 2.14. The maximum absolute atomic E-state index is 12.8. The van der Waals surface area contributed by atoms with Crippen LogP contribution in [0.3, 0.4) is 0 Å². The predicted octanol–water partition coefficient (Wildman–Crippen LogP) is 2.59. The first-order valence-corrected chi connectivity index (χ1v) is 9.89. The Hall–Kier alpha value is -0.440. The van der Waals surface area contributed by atoms with E-state index < -0.39 is 10.0 Å². The average molecular weight is 396 g/mol. The maximum Gasteiger partial charge on any atom is 0.244 e. The number of sulfonamides is 1. The molecule has 0 unspecified atom stereocenters. The van der Waals surface area contributed by atoms with Crippen LogP contribution in [0.4, 0.5) is 0 Å². The minimum absolute atomic E-state index is 0.215. The number of methoxy groups -OCH3 is 2. The second-order valence-corrected chi connectivity index (χ2v) is 8.49. The van der Waals surface area contributed by atoms with E-state index in [2.05, 4.69) is 15.9 Å². The predicted molar refractivity (Wildman–Crippen MR) is 87.9 cm³/mol. The summed E-state index contributed by atoms with van der Waals surface area (Å²) in [6.07, 6.45) is 0.870. The summed E-state index contributed by atoms with van der Waals surface area (Å²) < 4.78 is 38.1. The van der Waals surface area contributed by atoms with E-state index in [1.807, 2.05) is 0 Å². The van der Waals surface area contributed by atoms with Gasteiger partial charge in [-0.25, -0.2) is 8.42 Å². The molecule has 0 radical (unpaired) electrons. The molecule has 1 fully saturated rings. The van der Waals surface area contributed by atoms with E-state index >= 15 is 0 Å². The zero-order valence-corrected chi connectivity index (χ0v) is 15.2. The fourth-order valence-corrected chi connectivity index (χ4v) is 5.61. The molecule has 0 spiro atoms. The summed E-state index contributed by atoms with van der Waals surface area (Å²) in [7, 11) is -0.527. The van der Waals surface area contributed by atoms with Crippen molar-refractivity contribution in [3.63, 3.8) is 0 Å². The van der Waals surface area contributed by atoms with Crippen molar-refractivity contribution in [2.24, 2.45) is 0 Å². The third-order valence-electron chi connectivity index (χ3n) is 3.24. The molecule has 0 atom stereocenters. The molecule has 2 rings (SSSR count). The summed E-state index contributed by atoms with van der Waals surface area (Å²) >= 11 is 5.11. The van der Waals surface area contributed by atoms with Crippen molar-refractivity contribution in [2.75, 3.05) is 38.8 Å². The molecule has 0 bridgehead atoms. The second-order valence-electron chi connectivity index (χ2n) is 4.51. The summed E-state index contributed by atoms with van der Waals surface area (Å²) in [6, 6.07) is 3.13. The minimum atomic E-state index is -3.54. The molecular weight excluding hydrogens is 378 g/mol. The van der Waals surface area contributed by atoms with Crippen LogP contribution < -0.4 is 9.47 Å². The Morgan fingerprint density at radius 1 is 1.14 bits per heavy atom. The zero-order chi connectivity index (χ0) is 15.5. The first-order chi connectivity index (χ1) is 10.0. The highest BCUT2D eigenvalue weighted by Gasteiger charge is 2.28. The molecule has 1 aliphatic rings. The SMILES string of the molecule is COc1cc(Br)c(S(=O)(=O)N2CCCSCC2)cc1OC. The molecule has 0 N–H and O–H groups in total. The molecule has 0 amide bonds. The Kier molecular flexibility index (Phi) is 5.81. The molecule has 1 aliphatic heterocycles. The molecule has 1 heterocycles. The summed E-state index contributed by atoms with van der Waals surface area (Å²) in [5.41, 5.74) is 0. The van der Waals surface area contributed by atoms with Gasteiger partial charge in [0.05, 0.1) is 14.2 Å². The van der Waals surface area contributed by atoms with Crippen LogP contribution in [0.15, 0.2) is 21.5 Å². The van der Waals surface area contributed by atoms with Gasteiger partial charge in [-0.1, -0.05) is 0 Å². The smallest absolute Gasteiger partial charge is 0.244 e. The van der Waals surface area contributed by atoms with Gasteiger partial charge < -0.3 is 9.47 Å². The molecule has 0 aromatic heterocycles. The topological polar surface area (TPSA) is 55.8 Å². The van der Waals surface area contributed by atoms with Crippen molar-refractivity contribution in [3.05, 3.63) is 16.6 Å². The van der Waals surface area contributed by atoms with Gasteiger partial charge in [0.15, 0.2) is 11.5 Å². The molecule has 118 valence electrons. The van der Waals surface area contributed by atoms with Gasteiger partial charge in [0, 0.05) is 29.4 Å². The Bertz CT molecular complexity index is 598. The van der Waals surface area contributed by atoms with Crippen LogP contribution in [-0.2, 0) is 10.0 Å². The molecule has 21 heavy (non-hydrogen) atoms. The highest BCUT2D eigenvalue weighted by molar-refractivity contribution is 9.10. The lowest BCUT2D eigenvalue weighted by atomic mass is 10.3. The first kappa shape index (κ1) is 16.9. The summed E-state index contributed by atoms with van der Waals surface area (Å²) in [4.78, 5) is 0.215. The Balaban J connectivity index is 2.43. The van der Waals surface area contributed by atoms with Crippen molar-refractivity contribution in [1.29, 1.82) is 0 Å². The fraction of sp³-hybridized carbons (Fsp3) is 0.538. The maximum atomic E-state index is 12.8. The van der Waals surface area contributed by atoms with Crippen molar-refractivity contribution in [2.45, 2.75) is 11.3 Å². The first-order valence-electron chi connectivity index (χ1n) is 6.50. The standard InChI is InChI=1S/C13H18BrNO4S2/c1-18-11-8-10(14)13(9-12(11)19-2)21(16,17)15-4-3-6-20-7-5-15/h8-9H,3-7H2,1-2H3. The van der Waals surface area contributed by atoms with Gasteiger partial charge in [-0.3, -0.25) is 0 Å². The van der Waals surface area contributed by atoms with Crippen LogP contribution in [0.1, 0.15) is 6.42 Å². The van der Waals surface area contributed by atoms with E-state index in [1.165, 1.54) is 20.3 Å². The molecule has 1 aromatic carbocycles. The van der Waals surface area contributed by atoms with E-state index in [9.17, 15) is 8.42 Å². The number of ether oxygens (including phenoxy) is 2. The Morgan fingerprint density at radius 2 is 1.81 bits per heavy atom. The van der Waals surface area contributed by atoms with E-state index in [4.69, 9.17) is 9.47 Å². The van der Waals surface area contributed by atoms with Gasteiger partial charge in [0.1, 0.15) is 4.90 Å². The van der Waals surface area contributed by atoms with Crippen LogP contribution >= 0.6 is 27.7 Å². The van der Waals surface area contributed by atoms with Gasteiger partial charge in [0.25, 0.3) is 0 Å². The highest BCUT2D eigenvalue weighted by atomic mass is 79.9. The number of thioether (sulfide) groups is 1. The third-order valence-corrected chi connectivity index (χ3v) is 7.14. The van der Waals surface area contributed by atoms with Gasteiger partial charge >= 0.3 is 0 Å². The van der Waals surface area contributed by atoms with Gasteiger partial charge in [-0.05, 0) is 34.2 Å². The summed E-state index contributed by atoms with van der Waals surface area (Å²) in [6.45, 7) is 1.09. The molecule has 5 nitrogen and oxygen atoms in total. The molecule has 0 aliphatic carbocycles. The van der Waals surface area contributed by atoms with Crippen LogP contribution in [0, 0.1) is 0 Å². The lowest BCUT2D eigenvalue weighted by Crippen LogP contribution is -2.33. The number of benzene rings is 1. The molecule has 8 heteroatoms. The van der Waals surface area contributed by atoms with Crippen molar-refractivity contribution in [3.8, 4) is 11.5 Å². The van der Waals surface area contributed by atoms with Gasteiger partial charge in [0.2, 0.25) is 10.0 Å². The number of hydrogen-bond acceptors (Lipinski definition) is 5. The molecule has 0 saturated carbocycles. The van der Waals surface area contributed by atoms with Gasteiger partial charge in [-0.15, -0.1) is 0 Å². The number of rotatable bonds is 4. The van der Waals surface area contributed by atoms with Crippen molar-refractivity contribution in [1.82, 2.24) is 4.31 Å². The third kappa shape index (κ3) is 3.67. The largest absolute Gasteiger partial charge is 0.493 e. The summed E-state index contributed by atoms with van der Waals surface area (Å²) in [5, 5.41) is 0. The van der Waals surface area contributed by atoms with E-state index in [0.29, 0.717) is 29.1 Å². The van der Waals surface area contributed by atoms with Crippen LogP contribution in [0.25, 0.3) is 0 Å². The van der Waals surface area contributed by atoms with Crippen LogP contribution in [0.2, 0.25) is 0 Å². The normalized spacial score (nSPS) is 17.3. The van der Waals surface area contributed by atoms with Crippen LogP contribution in [0.5, 0.6) is 11.5 Å². The molecular formula is C13H18BrNO4S2. The molecule has 1 aromatic rings.